The number of hydrogen-bond donors (Lipinski definition) is 3. The van der Waals surface area contributed by atoms with Crippen molar-refractivity contribution in [3.63, 3.8) is 0 Å². The summed E-state index contributed by atoms with van der Waals surface area (Å²) in [6, 6.07) is 10.7. The average molecular weight is 291 g/mol. The topological polar surface area (TPSA) is 98.2 Å². The molecule has 0 bridgehead atoms. The monoisotopic (exact) mass is 291 g/mol. The molecule has 20 heavy (non-hydrogen) atoms. The molecule has 0 radical (unpaired) electrons. The van der Waals surface area contributed by atoms with Crippen molar-refractivity contribution >= 4 is 27.1 Å². The normalized spacial score (nSPS) is 11.3. The molecular formula is C14H17N3O2S. The Morgan fingerprint density at radius 1 is 1.05 bits per heavy atom. The number of sulfonamides is 1. The highest BCUT2D eigenvalue weighted by Crippen LogP contribution is 2.30. The largest absolute Gasteiger partial charge is 0.396 e. The predicted octanol–water partition coefficient (Wildman–Crippen LogP) is 2.28. The molecule has 2 aromatic carbocycles. The molecule has 2 rings (SSSR count). The third-order valence-corrected chi connectivity index (χ3v) is 4.00. The fourth-order valence-corrected chi connectivity index (χ4v) is 2.60. The molecule has 0 atom stereocenters. The van der Waals surface area contributed by atoms with Crippen molar-refractivity contribution in [3.8, 4) is 0 Å². The molecule has 0 saturated heterocycles. The highest BCUT2D eigenvalue weighted by Gasteiger charge is 2.15. The Morgan fingerprint density at radius 2 is 1.75 bits per heavy atom. The minimum atomic E-state index is -3.83. The lowest BCUT2D eigenvalue weighted by Crippen LogP contribution is -2.15. The molecule has 0 aromatic heterocycles. The Morgan fingerprint density at radius 3 is 2.40 bits per heavy atom. The molecule has 106 valence electrons. The Balaban J connectivity index is 2.47. The van der Waals surface area contributed by atoms with E-state index in [0.717, 1.165) is 16.8 Å². The summed E-state index contributed by atoms with van der Waals surface area (Å²) in [6.45, 7) is 3.94. The van der Waals surface area contributed by atoms with Gasteiger partial charge in [-0.05, 0) is 43.2 Å². The van der Waals surface area contributed by atoms with Gasteiger partial charge in [0.2, 0.25) is 10.0 Å². The third-order valence-electron chi connectivity index (χ3n) is 3.04. The fourth-order valence-electron chi connectivity index (χ4n) is 1.92. The molecule has 5 nitrogen and oxygen atoms in total. The maximum absolute atomic E-state index is 11.4. The molecule has 6 heteroatoms. The minimum Gasteiger partial charge on any atom is -0.396 e. The number of benzene rings is 2. The molecule has 2 aromatic rings. The summed E-state index contributed by atoms with van der Waals surface area (Å²) in [6.07, 6.45) is 0. The molecule has 0 saturated carbocycles. The van der Waals surface area contributed by atoms with Gasteiger partial charge in [-0.2, -0.15) is 0 Å². The maximum Gasteiger partial charge on any atom is 0.240 e. The number of nitrogens with two attached hydrogens (primary N) is 2. The molecule has 5 N–H and O–H groups in total. The summed E-state index contributed by atoms with van der Waals surface area (Å²) < 4.78 is 22.9. The van der Waals surface area contributed by atoms with Crippen LogP contribution < -0.4 is 16.2 Å². The van der Waals surface area contributed by atoms with Gasteiger partial charge in [-0.1, -0.05) is 18.2 Å². The van der Waals surface area contributed by atoms with Gasteiger partial charge in [-0.25, -0.2) is 13.6 Å². The van der Waals surface area contributed by atoms with Crippen LogP contribution in [0, 0.1) is 13.8 Å². The number of nitrogens with one attached hydrogen (secondary N) is 1. The quantitative estimate of drug-likeness (QED) is 0.755. The van der Waals surface area contributed by atoms with E-state index in [1.165, 1.54) is 6.07 Å². The second-order valence-corrected chi connectivity index (χ2v) is 6.24. The first-order valence-electron chi connectivity index (χ1n) is 6.04. The molecule has 0 unspecified atom stereocenters. The molecule has 0 spiro atoms. The predicted molar refractivity (Wildman–Crippen MR) is 81.4 cm³/mol. The van der Waals surface area contributed by atoms with E-state index >= 15 is 0 Å². The van der Waals surface area contributed by atoms with Gasteiger partial charge in [0.25, 0.3) is 0 Å². The van der Waals surface area contributed by atoms with Gasteiger partial charge in [-0.15, -0.1) is 0 Å². The summed E-state index contributed by atoms with van der Waals surface area (Å²) in [7, 11) is -3.83. The van der Waals surface area contributed by atoms with Crippen molar-refractivity contribution in [2.24, 2.45) is 5.14 Å². The van der Waals surface area contributed by atoms with Crippen molar-refractivity contribution in [1.29, 1.82) is 0 Å². The first kappa shape index (κ1) is 14.4. The highest BCUT2D eigenvalue weighted by molar-refractivity contribution is 7.89. The lowest BCUT2D eigenvalue weighted by molar-refractivity contribution is 0.598. The number of para-hydroxylation sites is 1. The molecule has 0 fully saturated rings. The number of nitrogen functional groups attached to an aromatic ring is 1. The third kappa shape index (κ3) is 2.92. The molecular weight excluding hydrogens is 274 g/mol. The minimum absolute atomic E-state index is 0.0761. The van der Waals surface area contributed by atoms with E-state index in [0.29, 0.717) is 5.69 Å². The molecule has 0 aliphatic rings. The van der Waals surface area contributed by atoms with Crippen LogP contribution in [0.4, 0.5) is 17.1 Å². The van der Waals surface area contributed by atoms with E-state index in [1.54, 1.807) is 12.1 Å². The average Bonchev–Trinajstić information content (AvgIpc) is 2.35. The van der Waals surface area contributed by atoms with Gasteiger partial charge in [0.15, 0.2) is 0 Å². The van der Waals surface area contributed by atoms with Crippen LogP contribution in [0.2, 0.25) is 0 Å². The SMILES string of the molecule is Cc1ccc(C)c(Nc2cccc(S(N)(=O)=O)c2N)c1. The molecule has 0 aliphatic carbocycles. The summed E-state index contributed by atoms with van der Waals surface area (Å²) in [5, 5.41) is 8.29. The number of primary sulfonamides is 1. The molecule has 0 heterocycles. The zero-order chi connectivity index (χ0) is 14.9. The Labute approximate surface area is 118 Å². The van der Waals surface area contributed by atoms with Gasteiger partial charge >= 0.3 is 0 Å². The number of aryl methyl sites for hydroxylation is 2. The second kappa shape index (κ2) is 5.15. The van der Waals surface area contributed by atoms with Crippen molar-refractivity contribution < 1.29 is 8.42 Å². The van der Waals surface area contributed by atoms with Crippen LogP contribution in [-0.4, -0.2) is 8.42 Å². The van der Waals surface area contributed by atoms with Crippen LogP contribution in [0.25, 0.3) is 0 Å². The lowest BCUT2D eigenvalue weighted by Gasteiger charge is -2.14. The summed E-state index contributed by atoms with van der Waals surface area (Å²) >= 11 is 0. The zero-order valence-corrected chi connectivity index (χ0v) is 12.2. The van der Waals surface area contributed by atoms with Crippen LogP contribution in [0.3, 0.4) is 0 Å². The van der Waals surface area contributed by atoms with Crippen molar-refractivity contribution in [2.75, 3.05) is 11.1 Å². The van der Waals surface area contributed by atoms with Crippen LogP contribution in [0.5, 0.6) is 0 Å². The van der Waals surface area contributed by atoms with Gasteiger partial charge in [0.1, 0.15) is 4.90 Å². The van der Waals surface area contributed by atoms with Crippen LogP contribution in [-0.2, 0) is 10.0 Å². The summed E-state index contributed by atoms with van der Waals surface area (Å²) in [5.41, 5.74) is 9.54. The lowest BCUT2D eigenvalue weighted by atomic mass is 10.1. The first-order chi connectivity index (χ1) is 9.29. The van der Waals surface area contributed by atoms with Gasteiger partial charge < -0.3 is 11.1 Å². The summed E-state index contributed by atoms with van der Waals surface area (Å²) in [4.78, 5) is -0.0761. The van der Waals surface area contributed by atoms with Crippen molar-refractivity contribution in [3.05, 3.63) is 47.5 Å². The van der Waals surface area contributed by atoms with E-state index in [1.807, 2.05) is 32.0 Å². The summed E-state index contributed by atoms with van der Waals surface area (Å²) in [5.74, 6) is 0. The van der Waals surface area contributed by atoms with Gasteiger partial charge in [0, 0.05) is 5.69 Å². The highest BCUT2D eigenvalue weighted by atomic mass is 32.2. The van der Waals surface area contributed by atoms with Crippen LogP contribution >= 0.6 is 0 Å². The smallest absolute Gasteiger partial charge is 0.240 e. The first-order valence-corrected chi connectivity index (χ1v) is 7.59. The standard InChI is InChI=1S/C14H17N3O2S/c1-9-6-7-10(2)12(8-9)17-11-4-3-5-13(14(11)15)20(16,18)19/h3-8,17H,15H2,1-2H3,(H2,16,18,19). The van der Waals surface area contributed by atoms with E-state index in [9.17, 15) is 8.42 Å². The van der Waals surface area contributed by atoms with Crippen molar-refractivity contribution in [1.82, 2.24) is 0 Å². The molecule has 0 aliphatic heterocycles. The fraction of sp³-hybridized carbons (Fsp3) is 0.143. The van der Waals surface area contributed by atoms with E-state index in [-0.39, 0.29) is 10.6 Å². The van der Waals surface area contributed by atoms with Gasteiger partial charge in [-0.3, -0.25) is 0 Å². The number of rotatable bonds is 3. The number of anilines is 3. The number of hydrogen-bond acceptors (Lipinski definition) is 4. The Bertz CT molecular complexity index is 755. The van der Waals surface area contributed by atoms with Crippen LogP contribution in [0.1, 0.15) is 11.1 Å². The second-order valence-electron chi connectivity index (χ2n) is 4.71. The van der Waals surface area contributed by atoms with Crippen LogP contribution in [0.15, 0.2) is 41.3 Å². The molecule has 0 amide bonds. The maximum atomic E-state index is 11.4. The van der Waals surface area contributed by atoms with Gasteiger partial charge in [0.05, 0.1) is 11.4 Å². The van der Waals surface area contributed by atoms with E-state index in [4.69, 9.17) is 10.9 Å². The Hall–Kier alpha value is -2.05. The van der Waals surface area contributed by atoms with Crippen molar-refractivity contribution in [2.45, 2.75) is 18.7 Å². The zero-order valence-electron chi connectivity index (χ0n) is 11.3. The van der Waals surface area contributed by atoms with E-state index in [2.05, 4.69) is 5.32 Å². The van der Waals surface area contributed by atoms with E-state index < -0.39 is 10.0 Å². The Kier molecular flexibility index (Phi) is 3.69.